The Morgan fingerprint density at radius 3 is 2.52 bits per heavy atom. The van der Waals surface area contributed by atoms with Crippen molar-refractivity contribution in [2.45, 2.75) is 19.8 Å². The van der Waals surface area contributed by atoms with Gasteiger partial charge in [0.2, 0.25) is 0 Å². The number of piperazine rings is 1. The molecule has 27 heavy (non-hydrogen) atoms. The summed E-state index contributed by atoms with van der Waals surface area (Å²) in [5, 5.41) is 4.60. The SMILES string of the molecule is C=Cc1ccc2ncc(-c3ccc(N4CCN(CCCC)CC4)cc3)n2n1. The van der Waals surface area contributed by atoms with Gasteiger partial charge in [-0.2, -0.15) is 5.10 Å². The molecule has 1 aliphatic heterocycles. The van der Waals surface area contributed by atoms with Crippen LogP contribution in [0.3, 0.4) is 0 Å². The fraction of sp³-hybridized carbons (Fsp3) is 0.364. The van der Waals surface area contributed by atoms with Crippen LogP contribution in [0.25, 0.3) is 23.0 Å². The van der Waals surface area contributed by atoms with Crippen LogP contribution in [-0.2, 0) is 0 Å². The van der Waals surface area contributed by atoms with Gasteiger partial charge in [0.05, 0.1) is 17.6 Å². The van der Waals surface area contributed by atoms with Crippen molar-refractivity contribution >= 4 is 17.4 Å². The summed E-state index contributed by atoms with van der Waals surface area (Å²) in [6.07, 6.45) is 6.22. The highest BCUT2D eigenvalue weighted by Crippen LogP contribution is 2.24. The molecule has 1 aromatic carbocycles. The molecule has 3 heterocycles. The minimum Gasteiger partial charge on any atom is -0.369 e. The van der Waals surface area contributed by atoms with E-state index in [0.29, 0.717) is 0 Å². The summed E-state index contributed by atoms with van der Waals surface area (Å²) in [5.41, 5.74) is 5.12. The number of nitrogens with zero attached hydrogens (tertiary/aromatic N) is 5. The van der Waals surface area contributed by atoms with Crippen molar-refractivity contribution in [3.05, 3.63) is 54.9 Å². The van der Waals surface area contributed by atoms with Crippen LogP contribution in [0.15, 0.2) is 49.2 Å². The highest BCUT2D eigenvalue weighted by molar-refractivity contribution is 5.66. The predicted molar refractivity (Wildman–Crippen MR) is 112 cm³/mol. The molecule has 0 amide bonds. The van der Waals surface area contributed by atoms with Gasteiger partial charge in [0.15, 0.2) is 5.65 Å². The Hall–Kier alpha value is -2.66. The average Bonchev–Trinajstić information content (AvgIpc) is 3.16. The second-order valence-corrected chi connectivity index (χ2v) is 7.10. The zero-order valence-corrected chi connectivity index (χ0v) is 16.0. The molecule has 140 valence electrons. The Morgan fingerprint density at radius 2 is 1.81 bits per heavy atom. The first kappa shape index (κ1) is 17.7. The fourth-order valence-electron chi connectivity index (χ4n) is 3.65. The molecule has 0 aliphatic carbocycles. The third-order valence-corrected chi connectivity index (χ3v) is 5.32. The van der Waals surface area contributed by atoms with Gasteiger partial charge in [-0.3, -0.25) is 4.90 Å². The molecule has 4 rings (SSSR count). The fourth-order valence-corrected chi connectivity index (χ4v) is 3.65. The first-order chi connectivity index (χ1) is 13.3. The zero-order valence-electron chi connectivity index (χ0n) is 16.0. The molecule has 0 radical (unpaired) electrons. The molecule has 0 N–H and O–H groups in total. The predicted octanol–water partition coefficient (Wildman–Crippen LogP) is 3.96. The van der Waals surface area contributed by atoms with Gasteiger partial charge in [0.25, 0.3) is 0 Å². The van der Waals surface area contributed by atoms with Crippen molar-refractivity contribution in [1.29, 1.82) is 0 Å². The van der Waals surface area contributed by atoms with Gasteiger partial charge in [0, 0.05) is 37.4 Å². The van der Waals surface area contributed by atoms with E-state index in [1.54, 1.807) is 6.08 Å². The van der Waals surface area contributed by atoms with E-state index >= 15 is 0 Å². The highest BCUT2D eigenvalue weighted by atomic mass is 15.3. The van der Waals surface area contributed by atoms with Crippen molar-refractivity contribution in [2.75, 3.05) is 37.6 Å². The molecule has 5 nitrogen and oxygen atoms in total. The lowest BCUT2D eigenvalue weighted by molar-refractivity contribution is 0.254. The summed E-state index contributed by atoms with van der Waals surface area (Å²) >= 11 is 0. The maximum Gasteiger partial charge on any atom is 0.154 e. The van der Waals surface area contributed by atoms with Crippen LogP contribution in [0.5, 0.6) is 0 Å². The van der Waals surface area contributed by atoms with Crippen molar-refractivity contribution in [3.63, 3.8) is 0 Å². The van der Waals surface area contributed by atoms with Crippen LogP contribution in [0.2, 0.25) is 0 Å². The third kappa shape index (κ3) is 3.74. The lowest BCUT2D eigenvalue weighted by Crippen LogP contribution is -2.46. The summed E-state index contributed by atoms with van der Waals surface area (Å²) in [6, 6.07) is 12.7. The van der Waals surface area contributed by atoms with E-state index in [0.717, 1.165) is 48.8 Å². The first-order valence-corrected chi connectivity index (χ1v) is 9.83. The van der Waals surface area contributed by atoms with Crippen molar-refractivity contribution < 1.29 is 0 Å². The summed E-state index contributed by atoms with van der Waals surface area (Å²) in [7, 11) is 0. The monoisotopic (exact) mass is 361 g/mol. The van der Waals surface area contributed by atoms with Gasteiger partial charge in [0.1, 0.15) is 0 Å². The minimum absolute atomic E-state index is 0.847. The van der Waals surface area contributed by atoms with Crippen LogP contribution < -0.4 is 4.90 Å². The topological polar surface area (TPSA) is 36.7 Å². The molecule has 0 atom stereocenters. The smallest absolute Gasteiger partial charge is 0.154 e. The number of unbranched alkanes of at least 4 members (excludes halogenated alkanes) is 1. The number of benzene rings is 1. The Morgan fingerprint density at radius 1 is 1.04 bits per heavy atom. The van der Waals surface area contributed by atoms with Crippen molar-refractivity contribution in [3.8, 4) is 11.3 Å². The number of imidazole rings is 1. The van der Waals surface area contributed by atoms with E-state index in [-0.39, 0.29) is 0 Å². The van der Waals surface area contributed by atoms with E-state index in [1.807, 2.05) is 22.8 Å². The van der Waals surface area contributed by atoms with Crippen molar-refractivity contribution in [2.24, 2.45) is 0 Å². The van der Waals surface area contributed by atoms with E-state index in [2.05, 4.69) is 57.7 Å². The lowest BCUT2D eigenvalue weighted by atomic mass is 10.1. The third-order valence-electron chi connectivity index (χ3n) is 5.32. The maximum atomic E-state index is 4.60. The maximum absolute atomic E-state index is 4.60. The summed E-state index contributed by atoms with van der Waals surface area (Å²) in [6.45, 7) is 11.8. The van der Waals surface area contributed by atoms with Gasteiger partial charge in [-0.05, 0) is 43.3 Å². The summed E-state index contributed by atoms with van der Waals surface area (Å²) in [5.74, 6) is 0. The number of rotatable bonds is 6. The molecule has 1 aliphatic rings. The zero-order chi connectivity index (χ0) is 18.6. The van der Waals surface area contributed by atoms with Crippen LogP contribution in [0.1, 0.15) is 25.5 Å². The molecule has 0 spiro atoms. The van der Waals surface area contributed by atoms with Gasteiger partial charge in [-0.25, -0.2) is 9.50 Å². The van der Waals surface area contributed by atoms with Crippen LogP contribution in [0.4, 0.5) is 5.69 Å². The molecule has 0 unspecified atom stereocenters. The highest BCUT2D eigenvalue weighted by Gasteiger charge is 2.17. The molecule has 0 saturated carbocycles. The number of hydrogen-bond acceptors (Lipinski definition) is 4. The van der Waals surface area contributed by atoms with Gasteiger partial charge in [-0.15, -0.1) is 0 Å². The van der Waals surface area contributed by atoms with Gasteiger partial charge < -0.3 is 4.90 Å². The molecule has 1 fully saturated rings. The molecule has 5 heteroatoms. The standard InChI is InChI=1S/C22H27N5/c1-3-5-12-25-13-15-26(16-14-25)20-9-6-18(7-10-20)21-17-23-22-11-8-19(4-2)24-27(21)22/h4,6-11,17H,2-3,5,12-16H2,1H3. The largest absolute Gasteiger partial charge is 0.369 e. The molecular formula is C22H27N5. The average molecular weight is 361 g/mol. The minimum atomic E-state index is 0.847. The summed E-state index contributed by atoms with van der Waals surface area (Å²) < 4.78 is 1.89. The van der Waals surface area contributed by atoms with Crippen LogP contribution in [-0.4, -0.2) is 52.2 Å². The van der Waals surface area contributed by atoms with E-state index in [1.165, 1.54) is 25.1 Å². The van der Waals surface area contributed by atoms with Gasteiger partial charge >= 0.3 is 0 Å². The van der Waals surface area contributed by atoms with E-state index in [4.69, 9.17) is 0 Å². The molecule has 0 bridgehead atoms. The van der Waals surface area contributed by atoms with E-state index in [9.17, 15) is 0 Å². The molecule has 3 aromatic rings. The number of anilines is 1. The first-order valence-electron chi connectivity index (χ1n) is 9.83. The summed E-state index contributed by atoms with van der Waals surface area (Å²) in [4.78, 5) is 9.53. The Kier molecular flexibility index (Phi) is 5.21. The second kappa shape index (κ2) is 7.92. The van der Waals surface area contributed by atoms with Crippen LogP contribution >= 0.6 is 0 Å². The molecule has 1 saturated heterocycles. The normalized spacial score (nSPS) is 15.4. The second-order valence-electron chi connectivity index (χ2n) is 7.10. The van der Waals surface area contributed by atoms with Gasteiger partial charge in [-0.1, -0.05) is 32.1 Å². The Bertz CT molecular complexity index is 904. The lowest BCUT2D eigenvalue weighted by Gasteiger charge is -2.36. The molecule has 2 aromatic heterocycles. The quantitative estimate of drug-likeness (QED) is 0.666. The number of aromatic nitrogens is 3. The Labute approximate surface area is 160 Å². The van der Waals surface area contributed by atoms with E-state index < -0.39 is 0 Å². The number of fused-ring (bicyclic) bond motifs is 1. The molecular weight excluding hydrogens is 334 g/mol. The van der Waals surface area contributed by atoms with Crippen molar-refractivity contribution in [1.82, 2.24) is 19.5 Å². The Balaban J connectivity index is 1.49. The van der Waals surface area contributed by atoms with Crippen LogP contribution in [0, 0.1) is 0 Å². The number of hydrogen-bond donors (Lipinski definition) is 0.